The first-order valence-corrected chi connectivity index (χ1v) is 8.11. The highest BCUT2D eigenvalue weighted by Gasteiger charge is 2.29. The van der Waals surface area contributed by atoms with Gasteiger partial charge in [-0.15, -0.1) is 24.8 Å². The molecule has 0 aromatic heterocycles. The molecule has 3 rings (SSSR count). The van der Waals surface area contributed by atoms with Crippen LogP contribution in [-0.4, -0.2) is 67.7 Å². The van der Waals surface area contributed by atoms with Crippen LogP contribution in [0.15, 0.2) is 24.3 Å². The Bertz CT molecular complexity index is 516. The second kappa shape index (κ2) is 10.2. The van der Waals surface area contributed by atoms with Crippen LogP contribution in [-0.2, 0) is 16.1 Å². The maximum absolute atomic E-state index is 12.4. The number of piperazine rings is 1. The van der Waals surface area contributed by atoms with Crippen LogP contribution < -0.4 is 5.32 Å². The Kier molecular flexibility index (Phi) is 9.02. The molecule has 2 aliphatic rings. The van der Waals surface area contributed by atoms with E-state index in [0.29, 0.717) is 13.2 Å². The molecule has 1 aromatic carbocycles. The Hall–Kier alpha value is -0.850. The molecule has 2 fully saturated rings. The summed E-state index contributed by atoms with van der Waals surface area (Å²) in [5.41, 5.74) is 2.65. The number of aryl methyl sites for hydroxylation is 1. The number of carbonyl (C=O) groups is 1. The summed E-state index contributed by atoms with van der Waals surface area (Å²) >= 11 is 0. The lowest BCUT2D eigenvalue weighted by Gasteiger charge is -2.37. The molecule has 0 aliphatic carbocycles. The Morgan fingerprint density at radius 2 is 2.00 bits per heavy atom. The summed E-state index contributed by atoms with van der Waals surface area (Å²) in [6, 6.07) is 8.64. The predicted octanol–water partition coefficient (Wildman–Crippen LogP) is 1.47. The van der Waals surface area contributed by atoms with Crippen LogP contribution in [0.25, 0.3) is 0 Å². The van der Waals surface area contributed by atoms with Gasteiger partial charge in [0.15, 0.2) is 0 Å². The summed E-state index contributed by atoms with van der Waals surface area (Å²) in [6.45, 7) is 8.65. The Balaban J connectivity index is 0.00000144. The first-order valence-electron chi connectivity index (χ1n) is 8.11. The molecule has 1 N–H and O–H groups in total. The summed E-state index contributed by atoms with van der Waals surface area (Å²) < 4.78 is 5.56. The molecule has 0 radical (unpaired) electrons. The minimum atomic E-state index is -0.294. The number of hydrogen-bond acceptors (Lipinski definition) is 4. The standard InChI is InChI=1S/C17H25N3O2.2ClH/c1-14-3-2-4-15(11-14)13-19-6-8-20(9-7-19)17(21)16-12-18-5-10-22-16;;/h2-4,11,16,18H,5-10,12-13H2,1H3;2*1H. The number of halogens is 2. The van der Waals surface area contributed by atoms with E-state index < -0.39 is 0 Å². The fourth-order valence-corrected chi connectivity index (χ4v) is 3.12. The molecule has 1 aromatic rings. The maximum Gasteiger partial charge on any atom is 0.253 e. The van der Waals surface area contributed by atoms with Gasteiger partial charge in [-0.1, -0.05) is 29.8 Å². The lowest BCUT2D eigenvalue weighted by molar-refractivity contribution is -0.147. The molecule has 2 heterocycles. The topological polar surface area (TPSA) is 44.8 Å². The monoisotopic (exact) mass is 375 g/mol. The molecule has 2 aliphatic heterocycles. The first kappa shape index (κ1) is 21.2. The fraction of sp³-hybridized carbons (Fsp3) is 0.588. The van der Waals surface area contributed by atoms with Crippen molar-refractivity contribution in [2.24, 2.45) is 0 Å². The van der Waals surface area contributed by atoms with E-state index >= 15 is 0 Å². The quantitative estimate of drug-likeness (QED) is 0.868. The summed E-state index contributed by atoms with van der Waals surface area (Å²) in [5.74, 6) is 0.141. The number of rotatable bonds is 3. The van der Waals surface area contributed by atoms with E-state index in [1.807, 2.05) is 4.90 Å². The van der Waals surface area contributed by atoms with Crippen LogP contribution in [0.2, 0.25) is 0 Å². The Morgan fingerprint density at radius 1 is 1.25 bits per heavy atom. The van der Waals surface area contributed by atoms with Gasteiger partial charge >= 0.3 is 0 Å². The van der Waals surface area contributed by atoms with Crippen molar-refractivity contribution in [2.45, 2.75) is 19.6 Å². The van der Waals surface area contributed by atoms with Crippen LogP contribution in [0, 0.1) is 6.92 Å². The first-order chi connectivity index (χ1) is 10.7. The third kappa shape index (κ3) is 5.60. The summed E-state index contributed by atoms with van der Waals surface area (Å²) in [7, 11) is 0. The third-order valence-corrected chi connectivity index (χ3v) is 4.38. The van der Waals surface area contributed by atoms with Gasteiger partial charge in [-0.05, 0) is 12.5 Å². The summed E-state index contributed by atoms with van der Waals surface area (Å²) in [4.78, 5) is 16.8. The molecule has 0 saturated carbocycles. The fourth-order valence-electron chi connectivity index (χ4n) is 3.12. The highest BCUT2D eigenvalue weighted by atomic mass is 35.5. The van der Waals surface area contributed by atoms with E-state index in [4.69, 9.17) is 4.74 Å². The van der Waals surface area contributed by atoms with Crippen molar-refractivity contribution in [2.75, 3.05) is 45.9 Å². The molecule has 5 nitrogen and oxygen atoms in total. The van der Waals surface area contributed by atoms with Gasteiger partial charge in [-0.2, -0.15) is 0 Å². The maximum atomic E-state index is 12.4. The average Bonchev–Trinajstić information content (AvgIpc) is 2.56. The molecule has 1 amide bonds. The lowest BCUT2D eigenvalue weighted by Crippen LogP contribution is -2.54. The van der Waals surface area contributed by atoms with E-state index in [9.17, 15) is 4.79 Å². The molecule has 136 valence electrons. The minimum absolute atomic E-state index is 0. The van der Waals surface area contributed by atoms with E-state index in [-0.39, 0.29) is 36.8 Å². The number of morpholine rings is 1. The van der Waals surface area contributed by atoms with Gasteiger partial charge in [0.1, 0.15) is 6.10 Å². The molecule has 0 bridgehead atoms. The van der Waals surface area contributed by atoms with Crippen molar-refractivity contribution in [1.82, 2.24) is 15.1 Å². The number of ether oxygens (including phenoxy) is 1. The molecule has 7 heteroatoms. The van der Waals surface area contributed by atoms with Crippen molar-refractivity contribution in [3.63, 3.8) is 0 Å². The summed E-state index contributed by atoms with van der Waals surface area (Å²) in [5, 5.41) is 3.22. The Labute approximate surface area is 156 Å². The van der Waals surface area contributed by atoms with Crippen molar-refractivity contribution in [3.05, 3.63) is 35.4 Å². The SMILES string of the molecule is Cc1cccc(CN2CCN(C(=O)C3CNCCO3)CC2)c1.Cl.Cl. The zero-order chi connectivity index (χ0) is 15.4. The predicted molar refractivity (Wildman–Crippen MR) is 100 cm³/mol. The Morgan fingerprint density at radius 3 is 2.62 bits per heavy atom. The zero-order valence-corrected chi connectivity index (χ0v) is 15.7. The third-order valence-electron chi connectivity index (χ3n) is 4.38. The van der Waals surface area contributed by atoms with E-state index in [2.05, 4.69) is 41.4 Å². The number of nitrogens with zero attached hydrogens (tertiary/aromatic N) is 2. The van der Waals surface area contributed by atoms with Crippen LogP contribution >= 0.6 is 24.8 Å². The highest BCUT2D eigenvalue weighted by Crippen LogP contribution is 2.12. The number of carbonyl (C=O) groups excluding carboxylic acids is 1. The second-order valence-electron chi connectivity index (χ2n) is 6.15. The molecular formula is C17H27Cl2N3O2. The van der Waals surface area contributed by atoms with E-state index in [0.717, 1.165) is 39.3 Å². The van der Waals surface area contributed by atoms with Gasteiger partial charge in [0.05, 0.1) is 6.61 Å². The number of amides is 1. The van der Waals surface area contributed by atoms with Crippen molar-refractivity contribution in [1.29, 1.82) is 0 Å². The van der Waals surface area contributed by atoms with Crippen molar-refractivity contribution >= 4 is 30.7 Å². The smallest absolute Gasteiger partial charge is 0.253 e. The molecular weight excluding hydrogens is 349 g/mol. The van der Waals surface area contributed by atoms with Gasteiger partial charge in [-0.25, -0.2) is 0 Å². The second-order valence-corrected chi connectivity index (χ2v) is 6.15. The average molecular weight is 376 g/mol. The summed E-state index contributed by atoms with van der Waals surface area (Å²) in [6.07, 6.45) is -0.294. The molecule has 24 heavy (non-hydrogen) atoms. The molecule has 1 atom stereocenters. The van der Waals surface area contributed by atoms with E-state index in [1.54, 1.807) is 0 Å². The van der Waals surface area contributed by atoms with Gasteiger partial charge in [0.2, 0.25) is 0 Å². The normalized spacial score (nSPS) is 21.5. The van der Waals surface area contributed by atoms with Crippen LogP contribution in [0.4, 0.5) is 0 Å². The lowest BCUT2D eigenvalue weighted by atomic mass is 10.1. The molecule has 0 spiro atoms. The van der Waals surface area contributed by atoms with Crippen molar-refractivity contribution < 1.29 is 9.53 Å². The van der Waals surface area contributed by atoms with Crippen LogP contribution in [0.3, 0.4) is 0 Å². The number of hydrogen-bond donors (Lipinski definition) is 1. The van der Waals surface area contributed by atoms with Gasteiger partial charge in [-0.3, -0.25) is 9.69 Å². The number of benzene rings is 1. The van der Waals surface area contributed by atoms with Crippen LogP contribution in [0.1, 0.15) is 11.1 Å². The largest absolute Gasteiger partial charge is 0.366 e. The van der Waals surface area contributed by atoms with Gasteiger partial charge < -0.3 is 15.0 Å². The van der Waals surface area contributed by atoms with Crippen LogP contribution in [0.5, 0.6) is 0 Å². The van der Waals surface area contributed by atoms with Gasteiger partial charge in [0.25, 0.3) is 5.91 Å². The number of nitrogens with one attached hydrogen (secondary N) is 1. The molecule has 1 unspecified atom stereocenters. The zero-order valence-electron chi connectivity index (χ0n) is 14.1. The minimum Gasteiger partial charge on any atom is -0.366 e. The van der Waals surface area contributed by atoms with E-state index in [1.165, 1.54) is 11.1 Å². The molecule has 2 saturated heterocycles. The van der Waals surface area contributed by atoms with Crippen molar-refractivity contribution in [3.8, 4) is 0 Å². The van der Waals surface area contributed by atoms with Gasteiger partial charge in [0, 0.05) is 45.8 Å². The highest BCUT2D eigenvalue weighted by molar-refractivity contribution is 5.85.